The Bertz CT molecular complexity index is 811. The van der Waals surface area contributed by atoms with E-state index in [4.69, 9.17) is 44.3 Å². The van der Waals surface area contributed by atoms with Crippen molar-refractivity contribution in [3.63, 3.8) is 0 Å². The second kappa shape index (κ2) is 8.37. The molecule has 1 heterocycles. The van der Waals surface area contributed by atoms with Gasteiger partial charge in [-0.25, -0.2) is 4.98 Å². The van der Waals surface area contributed by atoms with Crippen molar-refractivity contribution in [2.45, 2.75) is 20.0 Å². The zero-order valence-corrected chi connectivity index (χ0v) is 15.9. The number of nitrogens with zero attached hydrogens (tertiary/aromatic N) is 1. The SMILES string of the molecule is Cc1cc(Oc2ncc(C(F)(F)F)cc2Cl)cc(C)c1OCC=C(Cl)Cl. The smallest absolute Gasteiger partial charge is 0.417 e. The monoisotopic (exact) mass is 425 g/mol. The third-order valence-corrected chi connectivity index (χ3v) is 3.83. The van der Waals surface area contributed by atoms with Crippen molar-refractivity contribution in [2.75, 3.05) is 6.61 Å². The third-order valence-electron chi connectivity index (χ3n) is 3.25. The number of aryl methyl sites for hydroxylation is 2. The first kappa shape index (κ1) is 20.7. The fourth-order valence-corrected chi connectivity index (χ4v) is 2.48. The number of ether oxygens (including phenoxy) is 2. The van der Waals surface area contributed by atoms with E-state index in [0.29, 0.717) is 17.7 Å². The summed E-state index contributed by atoms with van der Waals surface area (Å²) in [5.41, 5.74) is 0.557. The number of aromatic nitrogens is 1. The topological polar surface area (TPSA) is 31.4 Å². The van der Waals surface area contributed by atoms with Crippen molar-refractivity contribution in [1.29, 1.82) is 0 Å². The molecule has 140 valence electrons. The van der Waals surface area contributed by atoms with Gasteiger partial charge in [0, 0.05) is 6.20 Å². The van der Waals surface area contributed by atoms with Crippen molar-refractivity contribution in [2.24, 2.45) is 0 Å². The molecule has 0 fully saturated rings. The van der Waals surface area contributed by atoms with Gasteiger partial charge in [0.25, 0.3) is 0 Å². The standard InChI is InChI=1S/C17H13Cl3F3NO2/c1-9-5-12(6-10(2)15(9)25-4-3-14(19)20)26-16-13(18)7-11(8-24-16)17(21,22)23/h3,5-8H,4H2,1-2H3. The summed E-state index contributed by atoms with van der Waals surface area (Å²) < 4.78 is 49.2. The Morgan fingerprint density at radius 1 is 1.15 bits per heavy atom. The van der Waals surface area contributed by atoms with Gasteiger partial charge >= 0.3 is 6.18 Å². The fraction of sp³-hybridized carbons (Fsp3) is 0.235. The summed E-state index contributed by atoms with van der Waals surface area (Å²) in [4.78, 5) is 3.65. The first-order chi connectivity index (χ1) is 12.1. The molecule has 0 aliphatic carbocycles. The fourth-order valence-electron chi connectivity index (χ4n) is 2.15. The predicted molar refractivity (Wildman–Crippen MR) is 95.5 cm³/mol. The summed E-state index contributed by atoms with van der Waals surface area (Å²) in [6, 6.07) is 4.08. The summed E-state index contributed by atoms with van der Waals surface area (Å²) in [5.74, 6) is 0.867. The summed E-state index contributed by atoms with van der Waals surface area (Å²) in [5, 5.41) is -0.239. The van der Waals surface area contributed by atoms with Crippen LogP contribution in [0, 0.1) is 13.8 Å². The molecule has 2 rings (SSSR count). The molecule has 0 aliphatic heterocycles. The molecular formula is C17H13Cl3F3NO2. The lowest BCUT2D eigenvalue weighted by Crippen LogP contribution is -2.06. The molecule has 0 saturated carbocycles. The van der Waals surface area contributed by atoms with E-state index in [2.05, 4.69) is 4.98 Å². The van der Waals surface area contributed by atoms with E-state index in [1.807, 2.05) is 0 Å². The average Bonchev–Trinajstić information content (AvgIpc) is 2.50. The van der Waals surface area contributed by atoms with Gasteiger partial charge in [0.15, 0.2) is 0 Å². The van der Waals surface area contributed by atoms with Crippen LogP contribution in [0.15, 0.2) is 35.0 Å². The van der Waals surface area contributed by atoms with Gasteiger partial charge in [-0.15, -0.1) is 0 Å². The number of hydrogen-bond acceptors (Lipinski definition) is 3. The van der Waals surface area contributed by atoms with Crippen LogP contribution in [0.5, 0.6) is 17.4 Å². The Labute approximate surface area is 163 Å². The largest absolute Gasteiger partial charge is 0.489 e. The van der Waals surface area contributed by atoms with Crippen LogP contribution in [0.1, 0.15) is 16.7 Å². The zero-order chi connectivity index (χ0) is 19.5. The highest BCUT2D eigenvalue weighted by atomic mass is 35.5. The molecule has 0 amide bonds. The summed E-state index contributed by atoms with van der Waals surface area (Å²) in [6.07, 6.45) is -2.36. The molecule has 26 heavy (non-hydrogen) atoms. The molecule has 0 radical (unpaired) electrons. The van der Waals surface area contributed by atoms with E-state index in [1.54, 1.807) is 26.0 Å². The van der Waals surface area contributed by atoms with Gasteiger partial charge in [-0.1, -0.05) is 34.8 Å². The average molecular weight is 427 g/mol. The first-order valence-corrected chi connectivity index (χ1v) is 8.37. The Hall–Kier alpha value is -1.63. The maximum atomic E-state index is 12.7. The Morgan fingerprint density at radius 3 is 2.27 bits per heavy atom. The summed E-state index contributed by atoms with van der Waals surface area (Å²) >= 11 is 16.9. The van der Waals surface area contributed by atoms with Gasteiger partial charge in [0.05, 0.1) is 5.56 Å². The van der Waals surface area contributed by atoms with Crippen molar-refractivity contribution in [3.8, 4) is 17.4 Å². The number of alkyl halides is 3. The molecule has 1 aromatic carbocycles. The molecular weight excluding hydrogens is 414 g/mol. The number of halogens is 6. The molecule has 0 unspecified atom stereocenters. The van der Waals surface area contributed by atoms with Crippen LogP contribution in [-0.4, -0.2) is 11.6 Å². The number of benzene rings is 1. The molecule has 0 saturated heterocycles. The van der Waals surface area contributed by atoms with Crippen LogP contribution in [-0.2, 0) is 6.18 Å². The van der Waals surface area contributed by atoms with Crippen LogP contribution in [0.25, 0.3) is 0 Å². The minimum absolute atomic E-state index is 0.100. The molecule has 0 atom stereocenters. The van der Waals surface area contributed by atoms with Crippen LogP contribution in [0.4, 0.5) is 13.2 Å². The van der Waals surface area contributed by atoms with Gasteiger partial charge in [-0.05, 0) is 49.2 Å². The van der Waals surface area contributed by atoms with Crippen LogP contribution in [0.2, 0.25) is 5.02 Å². The highest BCUT2D eigenvalue weighted by Crippen LogP contribution is 2.36. The minimum atomic E-state index is -4.53. The van der Waals surface area contributed by atoms with E-state index in [0.717, 1.165) is 17.2 Å². The molecule has 0 N–H and O–H groups in total. The second-order valence-electron chi connectivity index (χ2n) is 5.30. The Balaban J connectivity index is 2.22. The maximum Gasteiger partial charge on any atom is 0.417 e. The summed E-state index contributed by atoms with van der Waals surface area (Å²) in [6.45, 7) is 3.78. The highest BCUT2D eigenvalue weighted by Gasteiger charge is 2.31. The molecule has 2 aromatic rings. The van der Waals surface area contributed by atoms with E-state index >= 15 is 0 Å². The van der Waals surface area contributed by atoms with E-state index < -0.39 is 11.7 Å². The van der Waals surface area contributed by atoms with Crippen molar-refractivity contribution < 1.29 is 22.6 Å². The first-order valence-electron chi connectivity index (χ1n) is 7.23. The second-order valence-corrected chi connectivity index (χ2v) is 6.72. The van der Waals surface area contributed by atoms with E-state index in [1.165, 1.54) is 6.08 Å². The summed E-state index contributed by atoms with van der Waals surface area (Å²) in [7, 11) is 0. The van der Waals surface area contributed by atoms with Gasteiger partial charge in [-0.2, -0.15) is 13.2 Å². The van der Waals surface area contributed by atoms with Gasteiger partial charge in [0.2, 0.25) is 5.88 Å². The number of rotatable bonds is 5. The highest BCUT2D eigenvalue weighted by molar-refractivity contribution is 6.55. The van der Waals surface area contributed by atoms with Crippen molar-refractivity contribution in [3.05, 3.63) is 56.7 Å². The van der Waals surface area contributed by atoms with Gasteiger partial charge in [-0.3, -0.25) is 0 Å². The van der Waals surface area contributed by atoms with Crippen LogP contribution >= 0.6 is 34.8 Å². The zero-order valence-electron chi connectivity index (χ0n) is 13.6. The van der Waals surface area contributed by atoms with Crippen molar-refractivity contribution >= 4 is 34.8 Å². The van der Waals surface area contributed by atoms with E-state index in [-0.39, 0.29) is 22.0 Å². The van der Waals surface area contributed by atoms with Gasteiger partial charge in [0.1, 0.15) is 27.6 Å². The van der Waals surface area contributed by atoms with E-state index in [9.17, 15) is 13.2 Å². The van der Waals surface area contributed by atoms with Crippen LogP contribution in [0.3, 0.4) is 0 Å². The molecule has 3 nitrogen and oxygen atoms in total. The lowest BCUT2D eigenvalue weighted by molar-refractivity contribution is -0.137. The molecule has 1 aromatic heterocycles. The molecule has 0 bridgehead atoms. The lowest BCUT2D eigenvalue weighted by atomic mass is 10.1. The number of hydrogen-bond donors (Lipinski definition) is 0. The van der Waals surface area contributed by atoms with Crippen molar-refractivity contribution in [1.82, 2.24) is 4.98 Å². The molecule has 0 aliphatic rings. The Morgan fingerprint density at radius 2 is 1.77 bits per heavy atom. The quantitative estimate of drug-likeness (QED) is 0.523. The predicted octanol–water partition coefficient (Wildman–Crippen LogP) is 6.86. The normalized spacial score (nSPS) is 11.2. The van der Waals surface area contributed by atoms with Crippen LogP contribution < -0.4 is 9.47 Å². The van der Waals surface area contributed by atoms with Gasteiger partial charge < -0.3 is 9.47 Å². The number of pyridine rings is 1. The maximum absolute atomic E-state index is 12.7. The lowest BCUT2D eigenvalue weighted by Gasteiger charge is -2.14. The molecule has 0 spiro atoms. The minimum Gasteiger partial charge on any atom is -0.489 e. The Kier molecular flexibility index (Phi) is 6.66. The molecule has 9 heteroatoms. The third kappa shape index (κ3) is 5.43.